The third kappa shape index (κ3) is 2.42. The van der Waals surface area contributed by atoms with Crippen LogP contribution in [0.2, 0.25) is 5.02 Å². The Balaban J connectivity index is 2.11. The maximum atomic E-state index is 5.97. The van der Waals surface area contributed by atoms with Gasteiger partial charge in [0.25, 0.3) is 0 Å². The highest BCUT2D eigenvalue weighted by Crippen LogP contribution is 2.28. The topological polar surface area (TPSA) is 37.9 Å². The van der Waals surface area contributed by atoms with Crippen molar-refractivity contribution in [1.29, 1.82) is 0 Å². The van der Waals surface area contributed by atoms with E-state index in [4.69, 9.17) is 16.3 Å². The highest BCUT2D eigenvalue weighted by atomic mass is 127. The Bertz CT molecular complexity index is 754. The normalized spacial score (nSPS) is 10.9. The van der Waals surface area contributed by atoms with Gasteiger partial charge in [-0.1, -0.05) is 11.6 Å². The summed E-state index contributed by atoms with van der Waals surface area (Å²) in [7, 11) is 1.67. The Kier molecular flexibility index (Phi) is 3.36. The Morgan fingerprint density at radius 1 is 1.21 bits per heavy atom. The molecule has 1 aromatic heterocycles. The lowest BCUT2D eigenvalue weighted by Crippen LogP contribution is -1.88. The molecule has 0 aliphatic heterocycles. The van der Waals surface area contributed by atoms with Crippen LogP contribution < -0.4 is 4.74 Å². The van der Waals surface area contributed by atoms with Crippen molar-refractivity contribution >= 4 is 45.2 Å². The van der Waals surface area contributed by atoms with Gasteiger partial charge in [0.2, 0.25) is 0 Å². The predicted molar refractivity (Wildman–Crippen MR) is 85.8 cm³/mol. The number of methoxy groups -OCH3 is 1. The number of fused-ring (bicyclic) bond motifs is 1. The fourth-order valence-electron chi connectivity index (χ4n) is 1.93. The van der Waals surface area contributed by atoms with E-state index in [1.165, 1.54) is 0 Å². The smallest absolute Gasteiger partial charge is 0.138 e. The standard InChI is InChI=1S/C14H10ClIN2O/c1-19-13-5-2-8(6-10(13)16)14-17-11-4-3-9(15)7-12(11)18-14/h2-7H,1H3,(H,17,18). The van der Waals surface area contributed by atoms with Gasteiger partial charge in [-0.15, -0.1) is 0 Å². The summed E-state index contributed by atoms with van der Waals surface area (Å²) >= 11 is 8.22. The van der Waals surface area contributed by atoms with Gasteiger partial charge in [-0.25, -0.2) is 4.98 Å². The number of ether oxygens (including phenoxy) is 1. The van der Waals surface area contributed by atoms with Gasteiger partial charge in [-0.2, -0.15) is 0 Å². The summed E-state index contributed by atoms with van der Waals surface area (Å²) in [6.07, 6.45) is 0. The monoisotopic (exact) mass is 384 g/mol. The van der Waals surface area contributed by atoms with Crippen LogP contribution in [0.3, 0.4) is 0 Å². The molecule has 0 fully saturated rings. The van der Waals surface area contributed by atoms with Gasteiger partial charge in [0.1, 0.15) is 11.6 Å². The molecule has 0 saturated carbocycles. The van der Waals surface area contributed by atoms with Gasteiger partial charge in [0, 0.05) is 10.6 Å². The largest absolute Gasteiger partial charge is 0.496 e. The highest BCUT2D eigenvalue weighted by Gasteiger charge is 2.08. The van der Waals surface area contributed by atoms with Crippen molar-refractivity contribution in [2.24, 2.45) is 0 Å². The Hall–Kier alpha value is -1.27. The van der Waals surface area contributed by atoms with E-state index in [1.807, 2.05) is 36.4 Å². The van der Waals surface area contributed by atoms with Crippen LogP contribution >= 0.6 is 34.2 Å². The van der Waals surface area contributed by atoms with Crippen molar-refractivity contribution in [1.82, 2.24) is 9.97 Å². The van der Waals surface area contributed by atoms with Crippen molar-refractivity contribution in [3.63, 3.8) is 0 Å². The van der Waals surface area contributed by atoms with Crippen LogP contribution in [0.4, 0.5) is 0 Å². The first-order chi connectivity index (χ1) is 9.17. The number of halogens is 2. The van der Waals surface area contributed by atoms with Gasteiger partial charge in [0.15, 0.2) is 0 Å². The summed E-state index contributed by atoms with van der Waals surface area (Å²) in [5.41, 5.74) is 2.87. The second kappa shape index (κ2) is 5.02. The molecule has 3 nitrogen and oxygen atoms in total. The molecule has 3 aromatic rings. The van der Waals surface area contributed by atoms with Crippen LogP contribution in [0.25, 0.3) is 22.4 Å². The molecule has 0 atom stereocenters. The van der Waals surface area contributed by atoms with E-state index in [-0.39, 0.29) is 0 Å². The van der Waals surface area contributed by atoms with Gasteiger partial charge < -0.3 is 9.72 Å². The quantitative estimate of drug-likeness (QED) is 0.661. The molecule has 0 amide bonds. The van der Waals surface area contributed by atoms with Gasteiger partial charge in [-0.3, -0.25) is 0 Å². The second-order valence-corrected chi connectivity index (χ2v) is 5.69. The molecule has 0 aliphatic rings. The molecule has 96 valence electrons. The fraction of sp³-hybridized carbons (Fsp3) is 0.0714. The fourth-order valence-corrected chi connectivity index (χ4v) is 2.84. The number of aromatic nitrogens is 2. The summed E-state index contributed by atoms with van der Waals surface area (Å²) in [6, 6.07) is 11.6. The van der Waals surface area contributed by atoms with Crippen LogP contribution in [-0.2, 0) is 0 Å². The lowest BCUT2D eigenvalue weighted by Gasteiger charge is -2.04. The zero-order valence-corrected chi connectivity index (χ0v) is 13.0. The molecule has 0 saturated heterocycles. The zero-order valence-electron chi connectivity index (χ0n) is 10.1. The first-order valence-electron chi connectivity index (χ1n) is 5.66. The van der Waals surface area contributed by atoms with Crippen molar-refractivity contribution in [3.05, 3.63) is 45.0 Å². The van der Waals surface area contributed by atoms with Crippen molar-refractivity contribution in [3.8, 4) is 17.1 Å². The number of nitrogens with one attached hydrogen (secondary N) is 1. The maximum Gasteiger partial charge on any atom is 0.138 e. The SMILES string of the molecule is COc1ccc(-c2nc3ccc(Cl)cc3[nH]2)cc1I. The number of H-pyrrole nitrogens is 1. The number of hydrogen-bond acceptors (Lipinski definition) is 2. The van der Waals surface area contributed by atoms with Crippen LogP contribution in [-0.4, -0.2) is 17.1 Å². The number of hydrogen-bond donors (Lipinski definition) is 1. The zero-order chi connectivity index (χ0) is 13.4. The Labute approximate surface area is 129 Å². The molecule has 3 rings (SSSR count). The third-order valence-electron chi connectivity index (χ3n) is 2.87. The predicted octanol–water partition coefficient (Wildman–Crippen LogP) is 4.50. The van der Waals surface area contributed by atoms with Crippen LogP contribution in [0.1, 0.15) is 0 Å². The third-order valence-corrected chi connectivity index (χ3v) is 3.95. The number of nitrogens with zero attached hydrogens (tertiary/aromatic N) is 1. The van der Waals surface area contributed by atoms with E-state index < -0.39 is 0 Å². The van der Waals surface area contributed by atoms with Gasteiger partial charge >= 0.3 is 0 Å². The summed E-state index contributed by atoms with van der Waals surface area (Å²) < 4.78 is 6.31. The summed E-state index contributed by atoms with van der Waals surface area (Å²) in [6.45, 7) is 0. The highest BCUT2D eigenvalue weighted by molar-refractivity contribution is 14.1. The van der Waals surface area contributed by atoms with E-state index in [1.54, 1.807) is 7.11 Å². The van der Waals surface area contributed by atoms with E-state index in [0.717, 1.165) is 31.7 Å². The van der Waals surface area contributed by atoms with Gasteiger partial charge in [-0.05, 0) is 59.0 Å². The lowest BCUT2D eigenvalue weighted by molar-refractivity contribution is 0.412. The average Bonchev–Trinajstić information content (AvgIpc) is 2.81. The van der Waals surface area contributed by atoms with Crippen molar-refractivity contribution in [2.45, 2.75) is 0 Å². The summed E-state index contributed by atoms with van der Waals surface area (Å²) in [5, 5.41) is 0.701. The first-order valence-corrected chi connectivity index (χ1v) is 7.12. The number of imidazole rings is 1. The molecule has 0 unspecified atom stereocenters. The van der Waals surface area contributed by atoms with E-state index in [0.29, 0.717) is 5.02 Å². The van der Waals surface area contributed by atoms with Crippen LogP contribution in [0, 0.1) is 3.57 Å². The molecule has 5 heteroatoms. The number of aromatic amines is 1. The average molecular weight is 385 g/mol. The Morgan fingerprint density at radius 3 is 2.79 bits per heavy atom. The van der Waals surface area contributed by atoms with Crippen molar-refractivity contribution < 1.29 is 4.74 Å². The van der Waals surface area contributed by atoms with E-state index >= 15 is 0 Å². The van der Waals surface area contributed by atoms with Crippen LogP contribution in [0.5, 0.6) is 5.75 Å². The van der Waals surface area contributed by atoms with Gasteiger partial charge in [0.05, 0.1) is 21.7 Å². The van der Waals surface area contributed by atoms with Crippen LogP contribution in [0.15, 0.2) is 36.4 Å². The molecule has 1 N–H and O–H groups in total. The molecule has 0 bridgehead atoms. The molecular weight excluding hydrogens is 375 g/mol. The van der Waals surface area contributed by atoms with E-state index in [9.17, 15) is 0 Å². The molecule has 19 heavy (non-hydrogen) atoms. The molecule has 2 aromatic carbocycles. The minimum atomic E-state index is 0.701. The molecule has 0 spiro atoms. The minimum absolute atomic E-state index is 0.701. The molecule has 1 heterocycles. The van der Waals surface area contributed by atoms with E-state index in [2.05, 4.69) is 32.6 Å². The number of benzene rings is 2. The first kappa shape index (κ1) is 12.7. The molecule has 0 radical (unpaired) electrons. The number of rotatable bonds is 2. The lowest BCUT2D eigenvalue weighted by atomic mass is 10.2. The molecular formula is C14H10ClIN2O. The molecule has 0 aliphatic carbocycles. The minimum Gasteiger partial charge on any atom is -0.496 e. The van der Waals surface area contributed by atoms with Crippen molar-refractivity contribution in [2.75, 3.05) is 7.11 Å². The summed E-state index contributed by atoms with van der Waals surface area (Å²) in [4.78, 5) is 7.84. The Morgan fingerprint density at radius 2 is 2.05 bits per heavy atom. The maximum absolute atomic E-state index is 5.97. The summed E-state index contributed by atoms with van der Waals surface area (Å²) in [5.74, 6) is 1.70. The second-order valence-electron chi connectivity index (χ2n) is 4.10.